The van der Waals surface area contributed by atoms with Gasteiger partial charge in [0.25, 0.3) is 0 Å². The molecule has 0 spiro atoms. The first-order chi connectivity index (χ1) is 8.02. The Morgan fingerprint density at radius 1 is 1.06 bits per heavy atom. The number of allylic oxidation sites excluding steroid dienone is 1. The number of hydrogen-bond acceptors (Lipinski definition) is 1. The predicted octanol–water partition coefficient (Wildman–Crippen LogP) is 5.38. The summed E-state index contributed by atoms with van der Waals surface area (Å²) in [6.07, 6.45) is 8.11. The maximum absolute atomic E-state index is 5.67. The zero-order chi connectivity index (χ0) is 14.4. The van der Waals surface area contributed by atoms with Crippen LogP contribution in [0.1, 0.15) is 60.8 Å². The minimum atomic E-state index is -0.925. The van der Waals surface area contributed by atoms with E-state index in [-0.39, 0.29) is 0 Å². The molecule has 0 fully saturated rings. The highest BCUT2D eigenvalue weighted by molar-refractivity contribution is 6.48. The lowest BCUT2D eigenvalue weighted by atomic mass is 9.76. The fourth-order valence-corrected chi connectivity index (χ4v) is 2.37. The van der Waals surface area contributed by atoms with Crippen molar-refractivity contribution in [1.29, 1.82) is 0 Å². The third-order valence-corrected chi connectivity index (χ3v) is 3.92. The SMILES string of the molecule is C[SiH](C)O/C=C\C(CCCC(C)(C)C)C(C)(C)C. The molecule has 0 aliphatic rings. The lowest BCUT2D eigenvalue weighted by Gasteiger charge is -2.29. The monoisotopic (exact) mass is 270 g/mol. The van der Waals surface area contributed by atoms with Crippen LogP contribution >= 0.6 is 0 Å². The van der Waals surface area contributed by atoms with Crippen LogP contribution < -0.4 is 0 Å². The summed E-state index contributed by atoms with van der Waals surface area (Å²) in [6, 6.07) is 0. The minimum absolute atomic E-state index is 0.330. The van der Waals surface area contributed by atoms with Gasteiger partial charge < -0.3 is 4.43 Å². The Labute approximate surface area is 117 Å². The van der Waals surface area contributed by atoms with Gasteiger partial charge in [-0.1, -0.05) is 48.0 Å². The molecule has 0 saturated carbocycles. The van der Waals surface area contributed by atoms with E-state index in [2.05, 4.69) is 60.7 Å². The van der Waals surface area contributed by atoms with Crippen LogP contribution in [0, 0.1) is 16.7 Å². The Morgan fingerprint density at radius 2 is 1.61 bits per heavy atom. The Kier molecular flexibility index (Phi) is 7.27. The molecule has 1 unspecified atom stereocenters. The van der Waals surface area contributed by atoms with Gasteiger partial charge in [0.15, 0.2) is 0 Å². The minimum Gasteiger partial charge on any atom is -0.553 e. The van der Waals surface area contributed by atoms with Crippen LogP contribution in [0.5, 0.6) is 0 Å². The molecule has 0 rings (SSSR count). The van der Waals surface area contributed by atoms with Crippen molar-refractivity contribution in [3.05, 3.63) is 12.3 Å². The predicted molar refractivity (Wildman–Crippen MR) is 85.4 cm³/mol. The molecule has 1 atom stereocenters. The van der Waals surface area contributed by atoms with Gasteiger partial charge in [0.1, 0.15) is 0 Å². The summed E-state index contributed by atoms with van der Waals surface area (Å²) in [5.74, 6) is 0.618. The van der Waals surface area contributed by atoms with Crippen molar-refractivity contribution in [2.24, 2.45) is 16.7 Å². The van der Waals surface area contributed by atoms with Gasteiger partial charge in [-0.2, -0.15) is 0 Å². The van der Waals surface area contributed by atoms with Crippen LogP contribution in [0.4, 0.5) is 0 Å². The van der Waals surface area contributed by atoms with Crippen LogP contribution in [0.3, 0.4) is 0 Å². The van der Waals surface area contributed by atoms with Crippen molar-refractivity contribution in [2.45, 2.75) is 73.9 Å². The van der Waals surface area contributed by atoms with E-state index < -0.39 is 9.04 Å². The topological polar surface area (TPSA) is 9.23 Å². The summed E-state index contributed by atoms with van der Waals surface area (Å²) in [7, 11) is -0.925. The van der Waals surface area contributed by atoms with E-state index in [0.717, 1.165) is 0 Å². The number of rotatable bonds is 6. The molecule has 0 aromatic rings. The Bertz CT molecular complexity index is 243. The summed E-state index contributed by atoms with van der Waals surface area (Å²) >= 11 is 0. The second kappa shape index (κ2) is 7.37. The summed E-state index contributed by atoms with van der Waals surface area (Å²) in [4.78, 5) is 0. The molecule has 0 bridgehead atoms. The Hall–Kier alpha value is -0.243. The van der Waals surface area contributed by atoms with Crippen LogP contribution in [-0.2, 0) is 4.43 Å². The third-order valence-electron chi connectivity index (χ3n) is 3.22. The van der Waals surface area contributed by atoms with E-state index in [0.29, 0.717) is 16.7 Å². The van der Waals surface area contributed by atoms with Gasteiger partial charge in [-0.25, -0.2) is 0 Å². The molecule has 18 heavy (non-hydrogen) atoms. The van der Waals surface area contributed by atoms with Crippen molar-refractivity contribution in [3.8, 4) is 0 Å². The highest BCUT2D eigenvalue weighted by Gasteiger charge is 2.22. The first-order valence-corrected chi connectivity index (χ1v) is 10.1. The molecule has 2 heteroatoms. The molecule has 0 aliphatic carbocycles. The summed E-state index contributed by atoms with van der Waals surface area (Å²) in [5, 5.41) is 0. The van der Waals surface area contributed by atoms with Gasteiger partial charge in [0.05, 0.1) is 6.26 Å². The third kappa shape index (κ3) is 9.75. The Morgan fingerprint density at radius 3 is 2.00 bits per heavy atom. The van der Waals surface area contributed by atoms with Crippen molar-refractivity contribution >= 4 is 9.04 Å². The molecule has 0 aromatic carbocycles. The van der Waals surface area contributed by atoms with Gasteiger partial charge in [-0.3, -0.25) is 0 Å². The van der Waals surface area contributed by atoms with Gasteiger partial charge in [0, 0.05) is 0 Å². The second-order valence-electron chi connectivity index (χ2n) is 7.94. The molecular weight excluding hydrogens is 236 g/mol. The van der Waals surface area contributed by atoms with Crippen molar-refractivity contribution in [1.82, 2.24) is 0 Å². The average Bonchev–Trinajstić information content (AvgIpc) is 2.11. The molecule has 0 heterocycles. The lowest BCUT2D eigenvalue weighted by Crippen LogP contribution is -2.19. The largest absolute Gasteiger partial charge is 0.553 e. The Balaban J connectivity index is 4.30. The fourth-order valence-electron chi connectivity index (χ4n) is 1.97. The molecule has 0 amide bonds. The maximum atomic E-state index is 5.67. The van der Waals surface area contributed by atoms with E-state index in [9.17, 15) is 0 Å². The van der Waals surface area contributed by atoms with Gasteiger partial charge in [0.2, 0.25) is 9.04 Å². The van der Waals surface area contributed by atoms with Crippen molar-refractivity contribution in [2.75, 3.05) is 0 Å². The quantitative estimate of drug-likeness (QED) is 0.465. The van der Waals surface area contributed by atoms with Crippen LogP contribution in [-0.4, -0.2) is 9.04 Å². The van der Waals surface area contributed by atoms with Crippen LogP contribution in [0.25, 0.3) is 0 Å². The smallest absolute Gasteiger partial charge is 0.228 e. The second-order valence-corrected chi connectivity index (χ2v) is 10.3. The zero-order valence-electron chi connectivity index (χ0n) is 13.8. The molecule has 1 nitrogen and oxygen atoms in total. The summed E-state index contributed by atoms with van der Waals surface area (Å²) < 4.78 is 5.67. The van der Waals surface area contributed by atoms with E-state index in [4.69, 9.17) is 4.43 Å². The highest BCUT2D eigenvalue weighted by Crippen LogP contribution is 2.33. The fraction of sp³-hybridized carbons (Fsp3) is 0.875. The normalized spacial score (nSPS) is 15.4. The van der Waals surface area contributed by atoms with Gasteiger partial charge in [-0.15, -0.1) is 0 Å². The lowest BCUT2D eigenvalue weighted by molar-refractivity contribution is 0.252. The van der Waals surface area contributed by atoms with E-state index in [1.165, 1.54) is 19.3 Å². The van der Waals surface area contributed by atoms with Gasteiger partial charge >= 0.3 is 0 Å². The van der Waals surface area contributed by atoms with Crippen LogP contribution in [0.2, 0.25) is 13.1 Å². The summed E-state index contributed by atoms with van der Waals surface area (Å²) in [5.41, 5.74) is 0.782. The van der Waals surface area contributed by atoms with Crippen molar-refractivity contribution in [3.63, 3.8) is 0 Å². The zero-order valence-corrected chi connectivity index (χ0v) is 15.0. The average molecular weight is 271 g/mol. The molecule has 108 valence electrons. The van der Waals surface area contributed by atoms with Gasteiger partial charge in [-0.05, 0) is 48.8 Å². The first kappa shape index (κ1) is 17.8. The van der Waals surface area contributed by atoms with E-state index >= 15 is 0 Å². The van der Waals surface area contributed by atoms with E-state index in [1.54, 1.807) is 0 Å². The molecule has 0 aliphatic heterocycles. The standard InChI is InChI=1S/C16H34OSi/c1-15(2,3)12-9-10-14(16(4,5)6)11-13-17-18(7)8/h11,13-14,18H,9-10,12H2,1-8H3/b13-11-. The highest BCUT2D eigenvalue weighted by atomic mass is 28.3. The first-order valence-electron chi connectivity index (χ1n) is 7.34. The maximum Gasteiger partial charge on any atom is 0.228 e. The summed E-state index contributed by atoms with van der Waals surface area (Å²) in [6.45, 7) is 18.4. The molecular formula is C16H34OSi. The van der Waals surface area contributed by atoms with E-state index in [1.807, 2.05) is 6.26 Å². The number of hydrogen-bond donors (Lipinski definition) is 0. The molecule has 0 N–H and O–H groups in total. The van der Waals surface area contributed by atoms with Crippen LogP contribution in [0.15, 0.2) is 12.3 Å². The van der Waals surface area contributed by atoms with Crippen molar-refractivity contribution < 1.29 is 4.43 Å². The molecule has 0 saturated heterocycles. The molecule has 0 radical (unpaired) electrons. The molecule has 0 aromatic heterocycles.